The van der Waals surface area contributed by atoms with Gasteiger partial charge in [0.2, 0.25) is 5.91 Å². The Balaban J connectivity index is 1.98. The maximum Gasteiger partial charge on any atom is 0.253 e. The molecule has 0 aliphatic heterocycles. The molecule has 0 spiro atoms. The summed E-state index contributed by atoms with van der Waals surface area (Å²) < 4.78 is 0. The summed E-state index contributed by atoms with van der Waals surface area (Å²) in [6, 6.07) is 20.1. The van der Waals surface area contributed by atoms with Crippen molar-refractivity contribution in [1.29, 1.82) is 10.5 Å². The van der Waals surface area contributed by atoms with Crippen LogP contribution in [0, 0.1) is 22.7 Å². The molecular weight excluding hydrogens is 340 g/mol. The number of nitrogens with one attached hydrogen (secondary N) is 1. The summed E-state index contributed by atoms with van der Waals surface area (Å²) in [6.07, 6.45) is 0.702. The van der Waals surface area contributed by atoms with Crippen molar-refractivity contribution in [3.63, 3.8) is 0 Å². The first-order chi connectivity index (χ1) is 13.1. The third-order valence-electron chi connectivity index (χ3n) is 3.90. The largest absolute Gasteiger partial charge is 0.337 e. The monoisotopic (exact) mass is 360 g/mol. The van der Waals surface area contributed by atoms with Crippen LogP contribution in [-0.4, -0.2) is 29.8 Å². The first kappa shape index (κ1) is 19.7. The zero-order valence-electron chi connectivity index (χ0n) is 14.9. The van der Waals surface area contributed by atoms with Crippen LogP contribution in [0.4, 0.5) is 5.69 Å². The van der Waals surface area contributed by atoms with E-state index in [9.17, 15) is 9.59 Å². The molecule has 1 N–H and O–H groups in total. The van der Waals surface area contributed by atoms with Crippen LogP contribution in [0.2, 0.25) is 0 Å². The Labute approximate surface area is 158 Å². The van der Waals surface area contributed by atoms with Crippen molar-refractivity contribution in [1.82, 2.24) is 4.90 Å². The fourth-order valence-corrected chi connectivity index (χ4v) is 2.55. The molecule has 6 heteroatoms. The summed E-state index contributed by atoms with van der Waals surface area (Å²) in [6.45, 7) is 0.569. The van der Waals surface area contributed by atoms with Crippen LogP contribution in [-0.2, 0) is 11.2 Å². The van der Waals surface area contributed by atoms with E-state index < -0.39 is 0 Å². The molecule has 0 bridgehead atoms. The number of nitriles is 2. The van der Waals surface area contributed by atoms with Crippen molar-refractivity contribution in [2.45, 2.75) is 19.3 Å². The van der Waals surface area contributed by atoms with Gasteiger partial charge in [-0.05, 0) is 29.8 Å². The van der Waals surface area contributed by atoms with E-state index in [1.807, 2.05) is 42.5 Å². The molecule has 136 valence electrons. The molecule has 0 unspecified atom stereocenters. The molecule has 2 aromatic rings. The van der Waals surface area contributed by atoms with Crippen molar-refractivity contribution in [3.8, 4) is 12.1 Å². The second kappa shape index (κ2) is 10.4. The summed E-state index contributed by atoms with van der Waals surface area (Å²) in [5, 5.41) is 20.3. The summed E-state index contributed by atoms with van der Waals surface area (Å²) in [5.74, 6) is -0.368. The van der Waals surface area contributed by atoms with E-state index in [0.717, 1.165) is 5.56 Å². The second-order valence-corrected chi connectivity index (χ2v) is 5.90. The van der Waals surface area contributed by atoms with Gasteiger partial charge in [-0.15, -0.1) is 0 Å². The van der Waals surface area contributed by atoms with E-state index in [1.54, 1.807) is 24.3 Å². The van der Waals surface area contributed by atoms with Gasteiger partial charge >= 0.3 is 0 Å². The molecule has 2 amide bonds. The third-order valence-corrected chi connectivity index (χ3v) is 3.90. The average Bonchev–Trinajstić information content (AvgIpc) is 2.69. The van der Waals surface area contributed by atoms with Gasteiger partial charge in [-0.3, -0.25) is 9.59 Å². The van der Waals surface area contributed by atoms with Crippen LogP contribution in [0.15, 0.2) is 54.6 Å². The van der Waals surface area contributed by atoms with E-state index in [4.69, 9.17) is 10.5 Å². The number of amides is 2. The molecule has 0 aromatic heterocycles. The van der Waals surface area contributed by atoms with Crippen molar-refractivity contribution in [3.05, 3.63) is 65.7 Å². The van der Waals surface area contributed by atoms with Crippen LogP contribution in [0.5, 0.6) is 0 Å². The number of rotatable bonds is 8. The van der Waals surface area contributed by atoms with Gasteiger partial charge in [0, 0.05) is 24.3 Å². The molecule has 0 saturated heterocycles. The van der Waals surface area contributed by atoms with Gasteiger partial charge in [-0.2, -0.15) is 10.5 Å². The van der Waals surface area contributed by atoms with Gasteiger partial charge < -0.3 is 10.2 Å². The molecule has 0 saturated carbocycles. The number of benzene rings is 2. The van der Waals surface area contributed by atoms with Crippen LogP contribution in [0.1, 0.15) is 28.8 Å². The summed E-state index contributed by atoms with van der Waals surface area (Å²) in [5.41, 5.74) is 1.98. The van der Waals surface area contributed by atoms with E-state index in [0.29, 0.717) is 11.3 Å². The Bertz CT molecular complexity index is 830. The third kappa shape index (κ3) is 6.30. The molecule has 0 atom stereocenters. The Kier molecular flexibility index (Phi) is 7.56. The van der Waals surface area contributed by atoms with Crippen LogP contribution in [0.25, 0.3) is 0 Å². The quantitative estimate of drug-likeness (QED) is 0.782. The van der Waals surface area contributed by atoms with Crippen LogP contribution in [0.3, 0.4) is 0 Å². The minimum atomic E-state index is -0.234. The van der Waals surface area contributed by atoms with E-state index >= 15 is 0 Å². The standard InChI is InChI=1S/C21H20N4O2/c22-12-4-14-25(15-5-13-23)21(27)18-8-10-19(11-9-18)24-20(26)16-17-6-2-1-3-7-17/h1-3,6-11H,4-5,14-16H2,(H,24,26). The lowest BCUT2D eigenvalue weighted by molar-refractivity contribution is -0.115. The van der Waals surface area contributed by atoms with Gasteiger partial charge in [0.1, 0.15) is 0 Å². The topological polar surface area (TPSA) is 97.0 Å². The highest BCUT2D eigenvalue weighted by Crippen LogP contribution is 2.13. The molecule has 2 rings (SSSR count). The van der Waals surface area contributed by atoms with E-state index in [1.165, 1.54) is 4.90 Å². The summed E-state index contributed by atoms with van der Waals surface area (Å²) >= 11 is 0. The van der Waals surface area contributed by atoms with E-state index in [2.05, 4.69) is 5.32 Å². The SMILES string of the molecule is N#CCCN(CCC#N)C(=O)c1ccc(NC(=O)Cc2ccccc2)cc1. The molecule has 0 aliphatic rings. The highest BCUT2D eigenvalue weighted by atomic mass is 16.2. The molecule has 6 nitrogen and oxygen atoms in total. The number of carbonyl (C=O) groups is 2. The highest BCUT2D eigenvalue weighted by Gasteiger charge is 2.15. The van der Waals surface area contributed by atoms with Gasteiger partial charge in [-0.1, -0.05) is 30.3 Å². The molecule has 0 fully saturated rings. The van der Waals surface area contributed by atoms with E-state index in [-0.39, 0.29) is 44.2 Å². The Morgan fingerprint density at radius 3 is 2.04 bits per heavy atom. The second-order valence-electron chi connectivity index (χ2n) is 5.90. The lowest BCUT2D eigenvalue weighted by atomic mass is 10.1. The van der Waals surface area contributed by atoms with Gasteiger partial charge in [-0.25, -0.2) is 0 Å². The smallest absolute Gasteiger partial charge is 0.253 e. The number of nitrogens with zero attached hydrogens (tertiary/aromatic N) is 3. The Morgan fingerprint density at radius 2 is 1.48 bits per heavy atom. The molecule has 0 aliphatic carbocycles. The summed E-state index contributed by atoms with van der Waals surface area (Å²) in [4.78, 5) is 26.1. The fraction of sp³-hybridized carbons (Fsp3) is 0.238. The maximum absolute atomic E-state index is 12.6. The van der Waals surface area contributed by atoms with Crippen molar-refractivity contribution >= 4 is 17.5 Å². The van der Waals surface area contributed by atoms with Crippen molar-refractivity contribution in [2.75, 3.05) is 18.4 Å². The minimum Gasteiger partial charge on any atom is -0.337 e. The molecule has 0 heterocycles. The zero-order valence-corrected chi connectivity index (χ0v) is 14.9. The molecule has 27 heavy (non-hydrogen) atoms. The minimum absolute atomic E-state index is 0.134. The predicted molar refractivity (Wildman–Crippen MR) is 102 cm³/mol. The van der Waals surface area contributed by atoms with Gasteiger partial charge in [0.25, 0.3) is 5.91 Å². The lowest BCUT2D eigenvalue weighted by Gasteiger charge is -2.20. The maximum atomic E-state index is 12.6. The first-order valence-corrected chi connectivity index (χ1v) is 8.61. The van der Waals surface area contributed by atoms with Crippen molar-refractivity contribution in [2.24, 2.45) is 0 Å². The Hall–Kier alpha value is -3.64. The van der Waals surface area contributed by atoms with Gasteiger partial charge in [0.05, 0.1) is 31.4 Å². The highest BCUT2D eigenvalue weighted by molar-refractivity contribution is 5.96. The Morgan fingerprint density at radius 1 is 0.889 bits per heavy atom. The molecular formula is C21H20N4O2. The molecule has 2 aromatic carbocycles. The van der Waals surface area contributed by atoms with Crippen LogP contribution < -0.4 is 5.32 Å². The number of hydrogen-bond donors (Lipinski definition) is 1. The summed E-state index contributed by atoms with van der Waals surface area (Å²) in [7, 11) is 0. The average molecular weight is 360 g/mol. The number of hydrogen-bond acceptors (Lipinski definition) is 4. The van der Waals surface area contributed by atoms with Crippen LogP contribution >= 0.6 is 0 Å². The molecule has 0 radical (unpaired) electrons. The van der Waals surface area contributed by atoms with Gasteiger partial charge in [0.15, 0.2) is 0 Å². The lowest BCUT2D eigenvalue weighted by Crippen LogP contribution is -2.32. The fourth-order valence-electron chi connectivity index (χ4n) is 2.55. The number of anilines is 1. The normalized spacial score (nSPS) is 9.70. The first-order valence-electron chi connectivity index (χ1n) is 8.61. The zero-order chi connectivity index (χ0) is 19.5. The van der Waals surface area contributed by atoms with Crippen molar-refractivity contribution < 1.29 is 9.59 Å². The number of carbonyl (C=O) groups excluding carboxylic acids is 2. The predicted octanol–water partition coefficient (Wildman–Crippen LogP) is 3.14.